The van der Waals surface area contributed by atoms with Crippen LogP contribution in [0.1, 0.15) is 11.6 Å². The number of carbonyl (C=O) groups excluding carboxylic acids is 1. The maximum Gasteiger partial charge on any atom is 0.264 e. The van der Waals surface area contributed by atoms with Crippen LogP contribution < -0.4 is 14.8 Å². The minimum atomic E-state index is -0.657. The van der Waals surface area contributed by atoms with Crippen LogP contribution in [0, 0.1) is 0 Å². The van der Waals surface area contributed by atoms with Crippen LogP contribution in [0.15, 0.2) is 59.6 Å². The van der Waals surface area contributed by atoms with Gasteiger partial charge in [-0.15, -0.1) is 0 Å². The topological polar surface area (TPSA) is 65.4 Å². The standard InChI is InChI=1S/C18H17N3O3S/c22-18(17-11-23-15-4-1-2-5-16(15)24-17)19-10-14(13-6-9-25-12-13)21-8-3-7-20-21/h1-9,12,14,17H,10-11H2,(H,19,22)/t14-,17-/m1/s1. The lowest BCUT2D eigenvalue weighted by Crippen LogP contribution is -2.45. The lowest BCUT2D eigenvalue weighted by atomic mass is 10.1. The van der Waals surface area contributed by atoms with Crippen molar-refractivity contribution < 1.29 is 14.3 Å². The smallest absolute Gasteiger partial charge is 0.264 e. The van der Waals surface area contributed by atoms with Crippen molar-refractivity contribution in [3.05, 3.63) is 65.1 Å². The van der Waals surface area contributed by atoms with E-state index in [-0.39, 0.29) is 18.6 Å². The fourth-order valence-electron chi connectivity index (χ4n) is 2.75. The summed E-state index contributed by atoms with van der Waals surface area (Å²) in [7, 11) is 0. The summed E-state index contributed by atoms with van der Waals surface area (Å²) in [6.45, 7) is 0.631. The number of amides is 1. The van der Waals surface area contributed by atoms with Gasteiger partial charge in [-0.05, 0) is 40.6 Å². The molecular weight excluding hydrogens is 338 g/mol. The van der Waals surface area contributed by atoms with Gasteiger partial charge in [-0.3, -0.25) is 9.48 Å². The van der Waals surface area contributed by atoms with Crippen molar-refractivity contribution >= 4 is 17.2 Å². The van der Waals surface area contributed by atoms with Crippen molar-refractivity contribution in [3.8, 4) is 11.5 Å². The normalized spacial score (nSPS) is 17.0. The fraction of sp³-hybridized carbons (Fsp3) is 0.222. The zero-order chi connectivity index (χ0) is 17.1. The number of aromatic nitrogens is 2. The van der Waals surface area contributed by atoms with Gasteiger partial charge < -0.3 is 14.8 Å². The number of para-hydroxylation sites is 2. The predicted molar refractivity (Wildman–Crippen MR) is 94.0 cm³/mol. The number of rotatable bonds is 5. The summed E-state index contributed by atoms with van der Waals surface area (Å²) in [6.07, 6.45) is 2.97. The Bertz CT molecular complexity index is 799. The molecule has 1 amide bonds. The molecule has 25 heavy (non-hydrogen) atoms. The third-order valence-electron chi connectivity index (χ3n) is 4.04. The van der Waals surface area contributed by atoms with Crippen molar-refractivity contribution in [2.75, 3.05) is 13.2 Å². The molecule has 0 radical (unpaired) electrons. The van der Waals surface area contributed by atoms with Crippen LogP contribution in [-0.2, 0) is 4.79 Å². The molecule has 3 heterocycles. The Morgan fingerprint density at radius 2 is 2.20 bits per heavy atom. The molecule has 2 aromatic heterocycles. The van der Waals surface area contributed by atoms with Crippen molar-refractivity contribution in [1.82, 2.24) is 15.1 Å². The van der Waals surface area contributed by atoms with E-state index in [4.69, 9.17) is 9.47 Å². The van der Waals surface area contributed by atoms with Gasteiger partial charge >= 0.3 is 0 Å². The monoisotopic (exact) mass is 355 g/mol. The molecule has 1 aromatic carbocycles. The Morgan fingerprint density at radius 1 is 1.32 bits per heavy atom. The Morgan fingerprint density at radius 3 is 2.96 bits per heavy atom. The first-order chi connectivity index (χ1) is 12.3. The third-order valence-corrected chi connectivity index (χ3v) is 4.74. The van der Waals surface area contributed by atoms with Crippen LogP contribution in [0.4, 0.5) is 0 Å². The lowest BCUT2D eigenvalue weighted by molar-refractivity contribution is -0.130. The van der Waals surface area contributed by atoms with Crippen molar-refractivity contribution in [3.63, 3.8) is 0 Å². The zero-order valence-corrected chi connectivity index (χ0v) is 14.2. The number of benzene rings is 1. The SMILES string of the molecule is O=C(NC[C@H](c1ccsc1)n1cccn1)[C@H]1COc2ccccc2O1. The second-order valence-corrected chi connectivity index (χ2v) is 6.45. The molecule has 0 saturated carbocycles. The minimum absolute atomic E-state index is 0.0537. The van der Waals surface area contributed by atoms with Gasteiger partial charge in [-0.25, -0.2) is 0 Å². The van der Waals surface area contributed by atoms with Gasteiger partial charge in [0.25, 0.3) is 5.91 Å². The van der Waals surface area contributed by atoms with Crippen LogP contribution in [0.25, 0.3) is 0 Å². The largest absolute Gasteiger partial charge is 0.485 e. The van der Waals surface area contributed by atoms with E-state index in [0.717, 1.165) is 5.56 Å². The molecule has 0 aliphatic carbocycles. The number of hydrogen-bond acceptors (Lipinski definition) is 5. The molecule has 1 aliphatic heterocycles. The molecule has 0 spiro atoms. The minimum Gasteiger partial charge on any atom is -0.485 e. The lowest BCUT2D eigenvalue weighted by Gasteiger charge is -2.26. The first-order valence-electron chi connectivity index (χ1n) is 7.98. The van der Waals surface area contributed by atoms with E-state index in [9.17, 15) is 4.79 Å². The first-order valence-corrected chi connectivity index (χ1v) is 8.93. The second kappa shape index (κ2) is 6.98. The maximum atomic E-state index is 12.5. The molecule has 0 bridgehead atoms. The summed E-state index contributed by atoms with van der Waals surface area (Å²) in [4.78, 5) is 12.5. The summed E-state index contributed by atoms with van der Waals surface area (Å²) in [5.74, 6) is 1.07. The number of fused-ring (bicyclic) bond motifs is 1. The van der Waals surface area contributed by atoms with Gasteiger partial charge in [-0.1, -0.05) is 12.1 Å². The molecule has 0 unspecified atom stereocenters. The number of nitrogens with one attached hydrogen (secondary N) is 1. The number of nitrogens with zero attached hydrogens (tertiary/aromatic N) is 2. The Kier molecular flexibility index (Phi) is 4.39. The van der Waals surface area contributed by atoms with Gasteiger partial charge in [0, 0.05) is 18.9 Å². The number of hydrogen-bond donors (Lipinski definition) is 1. The number of thiophene rings is 1. The van der Waals surface area contributed by atoms with Gasteiger partial charge in [0.05, 0.1) is 6.04 Å². The van der Waals surface area contributed by atoms with Crippen LogP contribution in [0.3, 0.4) is 0 Å². The highest BCUT2D eigenvalue weighted by atomic mass is 32.1. The van der Waals surface area contributed by atoms with E-state index in [0.29, 0.717) is 18.0 Å². The summed E-state index contributed by atoms with van der Waals surface area (Å²) in [5.41, 5.74) is 1.11. The fourth-order valence-corrected chi connectivity index (χ4v) is 3.46. The van der Waals surface area contributed by atoms with Crippen molar-refractivity contribution in [2.45, 2.75) is 12.1 Å². The first kappa shape index (κ1) is 15.7. The molecule has 2 atom stereocenters. The highest BCUT2D eigenvalue weighted by molar-refractivity contribution is 7.07. The summed E-state index contributed by atoms with van der Waals surface area (Å²) in [6, 6.07) is 11.2. The van der Waals surface area contributed by atoms with Crippen LogP contribution in [0.5, 0.6) is 11.5 Å². The average molecular weight is 355 g/mol. The van der Waals surface area contributed by atoms with Crippen molar-refractivity contribution in [1.29, 1.82) is 0 Å². The van der Waals surface area contributed by atoms with Crippen LogP contribution >= 0.6 is 11.3 Å². The van der Waals surface area contributed by atoms with E-state index >= 15 is 0 Å². The maximum absolute atomic E-state index is 12.5. The molecule has 7 heteroatoms. The molecular formula is C18H17N3O3S. The summed E-state index contributed by atoms with van der Waals surface area (Å²) < 4.78 is 13.2. The zero-order valence-electron chi connectivity index (χ0n) is 13.4. The van der Waals surface area contributed by atoms with Gasteiger partial charge in [-0.2, -0.15) is 16.4 Å². The molecule has 6 nitrogen and oxygen atoms in total. The quantitative estimate of drug-likeness (QED) is 0.764. The van der Waals surface area contributed by atoms with E-state index in [2.05, 4.69) is 15.8 Å². The highest BCUT2D eigenvalue weighted by Gasteiger charge is 2.28. The van der Waals surface area contributed by atoms with E-state index in [1.165, 1.54) is 0 Å². The molecule has 0 saturated heterocycles. The molecule has 128 valence electrons. The van der Waals surface area contributed by atoms with Crippen LogP contribution in [0.2, 0.25) is 0 Å². The van der Waals surface area contributed by atoms with Gasteiger partial charge in [0.1, 0.15) is 6.61 Å². The Balaban J connectivity index is 1.42. The average Bonchev–Trinajstić information content (AvgIpc) is 3.36. The Labute approximate surface area is 149 Å². The molecule has 4 rings (SSSR count). The van der Waals surface area contributed by atoms with E-state index in [1.54, 1.807) is 23.6 Å². The summed E-state index contributed by atoms with van der Waals surface area (Å²) in [5, 5.41) is 11.3. The second-order valence-electron chi connectivity index (χ2n) is 5.67. The van der Waals surface area contributed by atoms with Crippen LogP contribution in [-0.4, -0.2) is 34.9 Å². The van der Waals surface area contributed by atoms with E-state index < -0.39 is 6.10 Å². The molecule has 3 aromatic rings. The van der Waals surface area contributed by atoms with Gasteiger partial charge in [0.15, 0.2) is 11.5 Å². The number of ether oxygens (including phenoxy) is 2. The predicted octanol–water partition coefficient (Wildman–Crippen LogP) is 2.49. The Hall–Kier alpha value is -2.80. The molecule has 1 N–H and O–H groups in total. The van der Waals surface area contributed by atoms with Crippen molar-refractivity contribution in [2.24, 2.45) is 0 Å². The molecule has 1 aliphatic rings. The van der Waals surface area contributed by atoms with Gasteiger partial charge in [0.2, 0.25) is 6.10 Å². The summed E-state index contributed by atoms with van der Waals surface area (Å²) >= 11 is 1.62. The molecule has 0 fully saturated rings. The third kappa shape index (κ3) is 3.36. The highest BCUT2D eigenvalue weighted by Crippen LogP contribution is 2.30. The number of carbonyl (C=O) groups is 1. The van der Waals surface area contributed by atoms with E-state index in [1.807, 2.05) is 46.6 Å².